The second-order valence-electron chi connectivity index (χ2n) is 14.9. The van der Waals surface area contributed by atoms with Crippen LogP contribution in [0.15, 0.2) is 61.2 Å². The number of allylic oxidation sites excluding steroid dienone is 2. The van der Waals surface area contributed by atoms with Gasteiger partial charge in [0.25, 0.3) is 5.91 Å². The maximum atomic E-state index is 13.8. The van der Waals surface area contributed by atoms with Gasteiger partial charge in [-0.1, -0.05) is 56.2 Å². The second-order valence-corrected chi connectivity index (χ2v) is 17.2. The highest BCUT2D eigenvalue weighted by atomic mass is 35.5. The molecule has 1 aliphatic heterocycles. The topological polar surface area (TPSA) is 114 Å². The monoisotopic (exact) mass is 756 g/mol. The Morgan fingerprint density at radius 3 is 2.77 bits per heavy atom. The number of nitrogens with one attached hydrogen (secondary N) is 1. The molecule has 9 nitrogen and oxygen atoms in total. The summed E-state index contributed by atoms with van der Waals surface area (Å²) in [5.41, 5.74) is 3.17. The molecule has 2 aliphatic carbocycles. The number of anilines is 1. The van der Waals surface area contributed by atoms with E-state index in [-0.39, 0.29) is 41.8 Å². The van der Waals surface area contributed by atoms with Crippen molar-refractivity contribution in [3.8, 4) is 5.75 Å². The number of methoxy groups -OCH3 is 1. The average Bonchev–Trinajstić information content (AvgIpc) is 3.24. The molecule has 0 bridgehead atoms. The Hall–Kier alpha value is -2.89. The van der Waals surface area contributed by atoms with E-state index in [1.165, 1.54) is 11.1 Å². The lowest BCUT2D eigenvalue weighted by atomic mass is 9.68. The first-order valence-corrected chi connectivity index (χ1v) is 20.8. The second kappa shape index (κ2) is 18.4. The average molecular weight is 757 g/mol. The fourth-order valence-corrected chi connectivity index (χ4v) is 10.1. The number of carbonyl (C=O) groups is 1. The molecular formula is C41H57ClN2O7S. The predicted molar refractivity (Wildman–Crippen MR) is 208 cm³/mol. The number of fused-ring (bicyclic) bond motifs is 3. The third-order valence-electron chi connectivity index (χ3n) is 11.2. The number of hydrogen-bond acceptors (Lipinski definition) is 8. The maximum Gasteiger partial charge on any atom is 0.264 e. The van der Waals surface area contributed by atoms with Gasteiger partial charge in [-0.3, -0.25) is 4.79 Å². The summed E-state index contributed by atoms with van der Waals surface area (Å²) in [7, 11) is -2.49. The van der Waals surface area contributed by atoms with Gasteiger partial charge in [-0.25, -0.2) is 13.1 Å². The Labute approximate surface area is 315 Å². The van der Waals surface area contributed by atoms with E-state index in [1.54, 1.807) is 31.4 Å². The van der Waals surface area contributed by atoms with Crippen molar-refractivity contribution < 1.29 is 32.5 Å². The molecule has 6 atom stereocenters. The summed E-state index contributed by atoms with van der Waals surface area (Å²) in [4.78, 5) is 16.1. The number of ether oxygens (including phenoxy) is 3. The van der Waals surface area contributed by atoms with Crippen LogP contribution in [0.25, 0.3) is 0 Å². The van der Waals surface area contributed by atoms with E-state index < -0.39 is 27.3 Å². The highest BCUT2D eigenvalue weighted by Gasteiger charge is 2.44. The van der Waals surface area contributed by atoms with Gasteiger partial charge < -0.3 is 24.2 Å². The van der Waals surface area contributed by atoms with Crippen molar-refractivity contribution in [3.63, 3.8) is 0 Å². The Bertz CT molecular complexity index is 1670. The minimum atomic E-state index is -4.07. The number of rotatable bonds is 18. The molecule has 11 heteroatoms. The summed E-state index contributed by atoms with van der Waals surface area (Å²) in [6.07, 6.45) is 12.7. The first kappa shape index (κ1) is 40.3. The van der Waals surface area contributed by atoms with Gasteiger partial charge in [-0.05, 0) is 111 Å². The van der Waals surface area contributed by atoms with Crippen LogP contribution in [0.5, 0.6) is 5.75 Å². The van der Waals surface area contributed by atoms with E-state index in [2.05, 4.69) is 41.3 Å². The lowest BCUT2D eigenvalue weighted by Crippen LogP contribution is -2.49. The fourth-order valence-electron chi connectivity index (χ4n) is 8.22. The Kier molecular flexibility index (Phi) is 14.3. The van der Waals surface area contributed by atoms with E-state index in [4.69, 9.17) is 25.8 Å². The molecule has 0 unspecified atom stereocenters. The van der Waals surface area contributed by atoms with E-state index in [1.807, 2.05) is 19.1 Å². The summed E-state index contributed by atoms with van der Waals surface area (Å²) < 4.78 is 47.2. The summed E-state index contributed by atoms with van der Waals surface area (Å²) in [5, 5.41) is 11.0. The van der Waals surface area contributed by atoms with E-state index in [9.17, 15) is 18.3 Å². The minimum Gasteiger partial charge on any atom is -0.490 e. The van der Waals surface area contributed by atoms with Crippen LogP contribution in [0.1, 0.15) is 86.7 Å². The van der Waals surface area contributed by atoms with Gasteiger partial charge in [-0.15, -0.1) is 6.58 Å². The number of hydrogen-bond donors (Lipinski definition) is 2. The Morgan fingerprint density at radius 1 is 1.21 bits per heavy atom. The first-order chi connectivity index (χ1) is 25.0. The number of unbranched alkanes of at least 4 members (excludes halogenated alkanes) is 1. The van der Waals surface area contributed by atoms with Gasteiger partial charge in [0.2, 0.25) is 10.0 Å². The van der Waals surface area contributed by atoms with Crippen molar-refractivity contribution in [2.24, 2.45) is 17.8 Å². The predicted octanol–water partition coefficient (Wildman–Crippen LogP) is 7.25. The number of amides is 1. The molecule has 5 rings (SSSR count). The van der Waals surface area contributed by atoms with Crippen molar-refractivity contribution in [1.29, 1.82) is 0 Å². The smallest absolute Gasteiger partial charge is 0.264 e. The number of carbonyl (C=O) groups excluding carboxylic acids is 1. The maximum absolute atomic E-state index is 13.8. The highest BCUT2D eigenvalue weighted by molar-refractivity contribution is 7.90. The zero-order valence-corrected chi connectivity index (χ0v) is 32.6. The normalized spacial score (nSPS) is 23.1. The van der Waals surface area contributed by atoms with Crippen molar-refractivity contribution >= 4 is 33.2 Å². The van der Waals surface area contributed by atoms with E-state index in [0.717, 1.165) is 55.7 Å². The number of aliphatic hydroxyl groups excluding tert-OH is 1. The van der Waals surface area contributed by atoms with Crippen LogP contribution in [0.2, 0.25) is 5.02 Å². The zero-order chi connectivity index (χ0) is 37.3. The first-order valence-electron chi connectivity index (χ1n) is 18.9. The van der Waals surface area contributed by atoms with Gasteiger partial charge in [0.05, 0.1) is 36.9 Å². The van der Waals surface area contributed by atoms with Crippen LogP contribution in [-0.4, -0.2) is 77.4 Å². The molecule has 3 aliphatic rings. The molecule has 286 valence electrons. The molecular weight excluding hydrogens is 700 g/mol. The van der Waals surface area contributed by atoms with Crippen LogP contribution < -0.4 is 14.4 Å². The summed E-state index contributed by atoms with van der Waals surface area (Å²) >= 11 is 6.45. The quantitative estimate of drug-likeness (QED) is 0.121. The number of halogens is 1. The Morgan fingerprint density at radius 2 is 2.04 bits per heavy atom. The molecule has 1 saturated carbocycles. The summed E-state index contributed by atoms with van der Waals surface area (Å²) in [6, 6.07) is 11.4. The zero-order valence-electron chi connectivity index (χ0n) is 31.0. The van der Waals surface area contributed by atoms with Gasteiger partial charge in [-0.2, -0.15) is 0 Å². The third-order valence-corrected chi connectivity index (χ3v) is 13.4. The molecule has 52 heavy (non-hydrogen) atoms. The summed E-state index contributed by atoms with van der Waals surface area (Å²) in [6.45, 7) is 10.6. The molecule has 1 spiro atoms. The highest BCUT2D eigenvalue weighted by Crippen LogP contribution is 2.46. The van der Waals surface area contributed by atoms with Crippen LogP contribution in [0.4, 0.5) is 5.69 Å². The lowest BCUT2D eigenvalue weighted by Gasteiger charge is -2.45. The largest absolute Gasteiger partial charge is 0.490 e. The standard InChI is InChI=1S/C41H57ClN2O7S/c1-5-7-8-12-37(45)34-16-13-32(34)26-44-27-41(20-9-11-30-24-33(42)15-17-35(30)41)28-51-38-18-14-31(25-36(38)44)40(46)43-52(47,48)39(29(3)10-6-2)19-21-50-23-22-49-4/h6,8,12,14-15,17-18,24-25,29,32,34,37,39,45H,2,5,7,9-11,13,16,19-23,26-28H2,1,3-4H3,(H,43,46)/b12-8+/t29-,32-,34+,37-,39-,41-/m0/s1. The molecule has 2 aromatic rings. The van der Waals surface area contributed by atoms with Crippen LogP contribution in [0, 0.1) is 17.8 Å². The van der Waals surface area contributed by atoms with Crippen LogP contribution in [-0.2, 0) is 31.3 Å². The molecule has 0 saturated heterocycles. The molecule has 0 radical (unpaired) electrons. The van der Waals surface area contributed by atoms with E-state index in [0.29, 0.717) is 45.1 Å². The fraction of sp³-hybridized carbons (Fsp3) is 0.585. The van der Waals surface area contributed by atoms with Crippen LogP contribution >= 0.6 is 11.6 Å². The molecule has 1 heterocycles. The van der Waals surface area contributed by atoms with Crippen molar-refractivity contribution in [2.45, 2.75) is 88.4 Å². The lowest BCUT2D eigenvalue weighted by molar-refractivity contribution is 0.0456. The van der Waals surface area contributed by atoms with E-state index >= 15 is 0 Å². The number of aliphatic hydroxyl groups is 1. The molecule has 0 aromatic heterocycles. The van der Waals surface area contributed by atoms with Crippen LogP contribution in [0.3, 0.4) is 0 Å². The molecule has 2 N–H and O–H groups in total. The number of sulfonamides is 1. The van der Waals surface area contributed by atoms with Gasteiger partial charge in [0, 0.05) is 42.8 Å². The molecule has 1 fully saturated rings. The molecule has 1 amide bonds. The molecule has 2 aromatic carbocycles. The Balaban J connectivity index is 1.43. The van der Waals surface area contributed by atoms with Crippen molar-refractivity contribution in [1.82, 2.24) is 4.72 Å². The minimum absolute atomic E-state index is 0.138. The van der Waals surface area contributed by atoms with Gasteiger partial charge in [0.15, 0.2) is 0 Å². The van der Waals surface area contributed by atoms with Gasteiger partial charge >= 0.3 is 0 Å². The summed E-state index contributed by atoms with van der Waals surface area (Å²) in [5.74, 6) is 0.0694. The SMILES string of the molecule is C=CC[C@H](C)[C@H](CCOCCOC)S(=O)(=O)NC(=O)c1ccc2c(c1)N(C[C@@H]1CC[C@H]1[C@@H](O)/C=C/CCC)C[C@@]1(CCCc3cc(Cl)ccc31)CO2. The number of aryl methyl sites for hydroxylation is 1. The van der Waals surface area contributed by atoms with Crippen molar-refractivity contribution in [2.75, 3.05) is 51.5 Å². The van der Waals surface area contributed by atoms with Gasteiger partial charge in [0.1, 0.15) is 5.75 Å². The third kappa shape index (κ3) is 9.61. The number of nitrogens with zero attached hydrogens (tertiary/aromatic N) is 1. The number of benzene rings is 2. The van der Waals surface area contributed by atoms with Crippen molar-refractivity contribution in [3.05, 3.63) is 82.9 Å².